The summed E-state index contributed by atoms with van der Waals surface area (Å²) in [6.07, 6.45) is 3.11. The summed E-state index contributed by atoms with van der Waals surface area (Å²) >= 11 is 19.9. The van der Waals surface area contributed by atoms with Crippen molar-refractivity contribution >= 4 is 51.8 Å². The lowest BCUT2D eigenvalue weighted by Gasteiger charge is -2.25. The molecule has 1 aromatic heterocycles. The van der Waals surface area contributed by atoms with Gasteiger partial charge in [-0.3, -0.25) is 0 Å². The minimum atomic E-state index is -0.437. The summed E-state index contributed by atoms with van der Waals surface area (Å²) < 4.78 is 14.0. The van der Waals surface area contributed by atoms with Gasteiger partial charge in [-0.25, -0.2) is 4.39 Å². The Kier molecular flexibility index (Phi) is 4.14. The van der Waals surface area contributed by atoms with Gasteiger partial charge in [0.25, 0.3) is 0 Å². The molecule has 106 valence electrons. The van der Waals surface area contributed by atoms with Gasteiger partial charge in [-0.15, -0.1) is 11.3 Å². The lowest BCUT2D eigenvalue weighted by molar-refractivity contribution is 0.607. The van der Waals surface area contributed by atoms with E-state index in [1.165, 1.54) is 22.6 Å². The Morgan fingerprint density at radius 3 is 2.55 bits per heavy atom. The molecule has 2 aromatic rings. The third-order valence-corrected chi connectivity index (χ3v) is 5.34. The van der Waals surface area contributed by atoms with Crippen LogP contribution in [0, 0.1) is 5.82 Å². The van der Waals surface area contributed by atoms with Crippen LogP contribution in [0.5, 0.6) is 0 Å². The highest BCUT2D eigenvalue weighted by Crippen LogP contribution is 2.41. The first-order valence-corrected chi connectivity index (χ1v) is 8.19. The fourth-order valence-electron chi connectivity index (χ4n) is 2.53. The fraction of sp³-hybridized carbons (Fsp3) is 0.286. The average molecular weight is 351 g/mol. The van der Waals surface area contributed by atoms with Crippen LogP contribution in [-0.4, -0.2) is 0 Å². The molecule has 0 radical (unpaired) electrons. The van der Waals surface area contributed by atoms with Crippen LogP contribution >= 0.6 is 46.1 Å². The minimum Gasteiger partial charge on any atom is -0.376 e. The van der Waals surface area contributed by atoms with Crippen molar-refractivity contribution in [2.24, 2.45) is 0 Å². The summed E-state index contributed by atoms with van der Waals surface area (Å²) in [6, 6.07) is 4.63. The summed E-state index contributed by atoms with van der Waals surface area (Å²) in [5.74, 6) is -0.437. The zero-order valence-corrected chi connectivity index (χ0v) is 13.4. The Bertz CT molecular complexity index is 633. The quantitative estimate of drug-likeness (QED) is 0.666. The molecule has 0 aliphatic heterocycles. The van der Waals surface area contributed by atoms with E-state index in [9.17, 15) is 4.39 Å². The van der Waals surface area contributed by atoms with Crippen LogP contribution in [0.4, 0.5) is 10.1 Å². The third-order valence-electron chi connectivity index (χ3n) is 3.41. The van der Waals surface area contributed by atoms with Crippen LogP contribution in [0.3, 0.4) is 0 Å². The van der Waals surface area contributed by atoms with E-state index in [1.54, 1.807) is 11.3 Å². The molecule has 0 saturated carbocycles. The molecule has 0 spiro atoms. The first kappa shape index (κ1) is 14.5. The van der Waals surface area contributed by atoms with E-state index in [1.807, 2.05) is 6.07 Å². The van der Waals surface area contributed by atoms with E-state index in [-0.39, 0.29) is 6.04 Å². The maximum absolute atomic E-state index is 13.2. The molecule has 1 aromatic carbocycles. The van der Waals surface area contributed by atoms with Crippen molar-refractivity contribution < 1.29 is 4.39 Å². The summed E-state index contributed by atoms with van der Waals surface area (Å²) in [7, 11) is 0. The molecule has 1 heterocycles. The summed E-state index contributed by atoms with van der Waals surface area (Å²) in [4.78, 5) is 1.30. The molecular formula is C14H11Cl3FNS. The second-order valence-electron chi connectivity index (χ2n) is 4.76. The molecule has 1 nitrogen and oxygen atoms in total. The number of rotatable bonds is 2. The SMILES string of the molecule is Fc1cc(Cl)c(NC2CCCc3sc(Cl)cc32)c(Cl)c1. The predicted octanol–water partition coefficient (Wildman–Crippen LogP) is 6.34. The van der Waals surface area contributed by atoms with Crippen molar-refractivity contribution in [1.29, 1.82) is 0 Å². The van der Waals surface area contributed by atoms with Gasteiger partial charge in [-0.2, -0.15) is 0 Å². The minimum absolute atomic E-state index is 0.114. The molecule has 1 aliphatic carbocycles. The highest BCUT2D eigenvalue weighted by Gasteiger charge is 2.24. The standard InChI is InChI=1S/C14H11Cl3FNS/c15-9-4-7(18)5-10(16)14(9)19-11-2-1-3-12-8(11)6-13(17)20-12/h4-6,11,19H,1-3H2. The van der Waals surface area contributed by atoms with Gasteiger partial charge in [0.2, 0.25) is 0 Å². The van der Waals surface area contributed by atoms with Crippen LogP contribution in [0.15, 0.2) is 18.2 Å². The molecule has 0 saturated heterocycles. The van der Waals surface area contributed by atoms with Gasteiger partial charge >= 0.3 is 0 Å². The maximum atomic E-state index is 13.2. The van der Waals surface area contributed by atoms with Gasteiger partial charge < -0.3 is 5.32 Å². The number of anilines is 1. The van der Waals surface area contributed by atoms with Crippen LogP contribution < -0.4 is 5.32 Å². The first-order chi connectivity index (χ1) is 9.54. The van der Waals surface area contributed by atoms with E-state index in [2.05, 4.69) is 5.32 Å². The second kappa shape index (κ2) is 5.72. The molecule has 6 heteroatoms. The highest BCUT2D eigenvalue weighted by atomic mass is 35.5. The van der Waals surface area contributed by atoms with Crippen LogP contribution in [-0.2, 0) is 6.42 Å². The topological polar surface area (TPSA) is 12.0 Å². The molecule has 3 rings (SSSR count). The lowest BCUT2D eigenvalue weighted by atomic mass is 9.94. The van der Waals surface area contributed by atoms with E-state index in [0.717, 1.165) is 23.6 Å². The molecule has 1 aliphatic rings. The number of hydrogen-bond donors (Lipinski definition) is 1. The van der Waals surface area contributed by atoms with Gasteiger partial charge in [-0.1, -0.05) is 34.8 Å². The van der Waals surface area contributed by atoms with Crippen LogP contribution in [0.1, 0.15) is 29.3 Å². The number of aryl methyl sites for hydroxylation is 1. The zero-order chi connectivity index (χ0) is 14.3. The van der Waals surface area contributed by atoms with Crippen molar-refractivity contribution in [3.05, 3.63) is 48.8 Å². The Morgan fingerprint density at radius 1 is 1.15 bits per heavy atom. The van der Waals surface area contributed by atoms with Crippen molar-refractivity contribution in [1.82, 2.24) is 0 Å². The van der Waals surface area contributed by atoms with E-state index in [0.29, 0.717) is 15.7 Å². The number of nitrogens with one attached hydrogen (secondary N) is 1. The number of thiophene rings is 1. The predicted molar refractivity (Wildman–Crippen MR) is 85.1 cm³/mol. The Balaban J connectivity index is 1.93. The molecular weight excluding hydrogens is 340 g/mol. The molecule has 0 bridgehead atoms. The molecule has 0 fully saturated rings. The smallest absolute Gasteiger partial charge is 0.126 e. The highest BCUT2D eigenvalue weighted by molar-refractivity contribution is 7.16. The van der Waals surface area contributed by atoms with Crippen molar-refractivity contribution in [3.63, 3.8) is 0 Å². The summed E-state index contributed by atoms with van der Waals surface area (Å²) in [5, 5.41) is 3.92. The van der Waals surface area contributed by atoms with Crippen molar-refractivity contribution in [2.75, 3.05) is 5.32 Å². The molecule has 0 amide bonds. The average Bonchev–Trinajstić information content (AvgIpc) is 2.74. The maximum Gasteiger partial charge on any atom is 0.126 e. The third kappa shape index (κ3) is 2.77. The molecule has 1 N–H and O–H groups in total. The van der Waals surface area contributed by atoms with Crippen LogP contribution in [0.25, 0.3) is 0 Å². The van der Waals surface area contributed by atoms with Gasteiger partial charge in [0.15, 0.2) is 0 Å². The molecule has 1 atom stereocenters. The number of hydrogen-bond acceptors (Lipinski definition) is 2. The monoisotopic (exact) mass is 349 g/mol. The van der Waals surface area contributed by atoms with Gasteiger partial charge in [0.05, 0.1) is 26.1 Å². The van der Waals surface area contributed by atoms with E-state index in [4.69, 9.17) is 34.8 Å². The number of benzene rings is 1. The van der Waals surface area contributed by atoms with Crippen molar-refractivity contribution in [2.45, 2.75) is 25.3 Å². The zero-order valence-electron chi connectivity index (χ0n) is 10.4. The van der Waals surface area contributed by atoms with Gasteiger partial charge in [-0.05, 0) is 43.0 Å². The summed E-state index contributed by atoms with van der Waals surface area (Å²) in [6.45, 7) is 0. The number of fused-ring (bicyclic) bond motifs is 1. The fourth-order valence-corrected chi connectivity index (χ4v) is 4.48. The number of halogens is 4. The van der Waals surface area contributed by atoms with Crippen molar-refractivity contribution in [3.8, 4) is 0 Å². The van der Waals surface area contributed by atoms with Gasteiger partial charge in [0, 0.05) is 4.88 Å². The van der Waals surface area contributed by atoms with E-state index < -0.39 is 5.82 Å². The Hall–Kier alpha value is -0.480. The Labute approximate surface area is 135 Å². The van der Waals surface area contributed by atoms with Gasteiger partial charge in [0.1, 0.15) is 5.82 Å². The largest absolute Gasteiger partial charge is 0.376 e. The Morgan fingerprint density at radius 2 is 1.85 bits per heavy atom. The molecule has 1 unspecified atom stereocenters. The molecule has 20 heavy (non-hydrogen) atoms. The summed E-state index contributed by atoms with van der Waals surface area (Å²) in [5.41, 5.74) is 1.78. The van der Waals surface area contributed by atoms with E-state index >= 15 is 0 Å². The van der Waals surface area contributed by atoms with Crippen LogP contribution in [0.2, 0.25) is 14.4 Å². The lowest BCUT2D eigenvalue weighted by Crippen LogP contribution is -2.16. The first-order valence-electron chi connectivity index (χ1n) is 6.24. The second-order valence-corrected chi connectivity index (χ2v) is 7.35. The normalized spacial score (nSPS) is 17.9.